The Kier molecular flexibility index (Phi) is 8.15. The van der Waals surface area contributed by atoms with Crippen LogP contribution in [0.4, 0.5) is 13.2 Å². The van der Waals surface area contributed by atoms with E-state index in [4.69, 9.17) is 11.6 Å². The van der Waals surface area contributed by atoms with Crippen molar-refractivity contribution in [3.63, 3.8) is 0 Å². The van der Waals surface area contributed by atoms with Crippen LogP contribution in [-0.4, -0.2) is 60.5 Å². The minimum atomic E-state index is -4.26. The van der Waals surface area contributed by atoms with Crippen LogP contribution in [0, 0.1) is 0 Å². The molecule has 2 aromatic carbocycles. The number of benzene rings is 2. The van der Waals surface area contributed by atoms with Crippen molar-refractivity contribution in [2.75, 3.05) is 32.7 Å². The monoisotopic (exact) mass is 467 g/mol. The molecule has 32 heavy (non-hydrogen) atoms. The van der Waals surface area contributed by atoms with Gasteiger partial charge in [-0.15, -0.1) is 0 Å². The van der Waals surface area contributed by atoms with Crippen LogP contribution >= 0.6 is 11.6 Å². The highest BCUT2D eigenvalue weighted by molar-refractivity contribution is 6.33. The minimum absolute atomic E-state index is 0.000519. The number of carbonyl (C=O) groups is 2. The minimum Gasteiger partial charge on any atom is -0.345 e. The quantitative estimate of drug-likeness (QED) is 0.689. The Morgan fingerprint density at radius 2 is 1.66 bits per heavy atom. The number of nitrogens with zero attached hydrogens (tertiary/aromatic N) is 2. The normalized spacial score (nSPS) is 16.3. The second kappa shape index (κ2) is 10.8. The van der Waals surface area contributed by atoms with Gasteiger partial charge in [0.15, 0.2) is 0 Å². The summed E-state index contributed by atoms with van der Waals surface area (Å²) in [7, 11) is 0. The average Bonchev–Trinajstić information content (AvgIpc) is 2.98. The van der Waals surface area contributed by atoms with E-state index in [2.05, 4.69) is 5.32 Å². The van der Waals surface area contributed by atoms with Gasteiger partial charge in [0.05, 0.1) is 29.6 Å². The number of alkyl halides is 3. The number of nitrogens with one attached hydrogen (secondary N) is 1. The number of halogens is 4. The first-order valence-electron chi connectivity index (χ1n) is 10.4. The van der Waals surface area contributed by atoms with Gasteiger partial charge in [0.2, 0.25) is 5.91 Å². The summed E-state index contributed by atoms with van der Waals surface area (Å²) >= 11 is 6.13. The van der Waals surface area contributed by atoms with Crippen LogP contribution in [0.25, 0.3) is 0 Å². The lowest BCUT2D eigenvalue weighted by Gasteiger charge is -2.25. The third-order valence-corrected chi connectivity index (χ3v) is 5.68. The van der Waals surface area contributed by atoms with Crippen LogP contribution < -0.4 is 5.32 Å². The third-order valence-electron chi connectivity index (χ3n) is 5.35. The van der Waals surface area contributed by atoms with Gasteiger partial charge in [-0.25, -0.2) is 0 Å². The van der Waals surface area contributed by atoms with Gasteiger partial charge in [0, 0.05) is 26.2 Å². The van der Waals surface area contributed by atoms with Crippen molar-refractivity contribution >= 4 is 23.4 Å². The Balaban J connectivity index is 1.69. The van der Waals surface area contributed by atoms with Gasteiger partial charge in [-0.2, -0.15) is 13.2 Å². The molecule has 0 aromatic heterocycles. The zero-order chi connectivity index (χ0) is 23.1. The highest BCUT2D eigenvalue weighted by Gasteiger charge is 2.32. The fourth-order valence-corrected chi connectivity index (χ4v) is 3.98. The van der Waals surface area contributed by atoms with Gasteiger partial charge in [0.1, 0.15) is 0 Å². The lowest BCUT2D eigenvalue weighted by Crippen LogP contribution is -2.40. The number of amides is 2. The van der Waals surface area contributed by atoms with E-state index < -0.39 is 24.7 Å². The van der Waals surface area contributed by atoms with Crippen molar-refractivity contribution in [2.24, 2.45) is 0 Å². The second-order valence-electron chi connectivity index (χ2n) is 7.75. The fourth-order valence-electron chi connectivity index (χ4n) is 3.75. The Labute approximate surface area is 190 Å². The lowest BCUT2D eigenvalue weighted by atomic mass is 10.0. The maximum absolute atomic E-state index is 13.0. The smallest absolute Gasteiger partial charge is 0.345 e. The van der Waals surface area contributed by atoms with Crippen molar-refractivity contribution in [3.05, 3.63) is 70.7 Å². The highest BCUT2D eigenvalue weighted by atomic mass is 35.5. The molecule has 2 aromatic rings. The largest absolute Gasteiger partial charge is 0.401 e. The molecule has 0 radical (unpaired) electrons. The van der Waals surface area contributed by atoms with E-state index in [1.807, 2.05) is 30.3 Å². The lowest BCUT2D eigenvalue weighted by molar-refractivity contribution is -0.145. The summed E-state index contributed by atoms with van der Waals surface area (Å²) in [5.41, 5.74) is 1.06. The molecule has 1 saturated heterocycles. The predicted molar refractivity (Wildman–Crippen MR) is 116 cm³/mol. The Morgan fingerprint density at radius 3 is 2.34 bits per heavy atom. The van der Waals surface area contributed by atoms with Gasteiger partial charge < -0.3 is 10.2 Å². The summed E-state index contributed by atoms with van der Waals surface area (Å²) in [6.45, 7) is 0.0689. The van der Waals surface area contributed by atoms with Gasteiger partial charge in [0.25, 0.3) is 5.91 Å². The summed E-state index contributed by atoms with van der Waals surface area (Å²) in [6, 6.07) is 15.1. The Morgan fingerprint density at radius 1 is 0.969 bits per heavy atom. The van der Waals surface area contributed by atoms with Crippen LogP contribution in [0.3, 0.4) is 0 Å². The van der Waals surface area contributed by atoms with Gasteiger partial charge in [-0.3, -0.25) is 14.5 Å². The molecule has 1 aliphatic rings. The molecule has 172 valence electrons. The number of rotatable bonds is 6. The molecule has 0 bridgehead atoms. The molecular weight excluding hydrogens is 443 g/mol. The van der Waals surface area contributed by atoms with E-state index in [1.165, 1.54) is 4.90 Å². The molecule has 2 amide bonds. The number of hydrogen-bond donors (Lipinski definition) is 1. The maximum Gasteiger partial charge on any atom is 0.401 e. The Bertz CT molecular complexity index is 924. The van der Waals surface area contributed by atoms with Crippen molar-refractivity contribution in [3.8, 4) is 0 Å². The average molecular weight is 468 g/mol. The molecular formula is C23H25ClF3N3O2. The molecule has 1 fully saturated rings. The van der Waals surface area contributed by atoms with Crippen molar-refractivity contribution < 1.29 is 22.8 Å². The van der Waals surface area contributed by atoms with E-state index in [-0.39, 0.29) is 32.0 Å². The van der Waals surface area contributed by atoms with Crippen LogP contribution in [0.5, 0.6) is 0 Å². The fraction of sp³-hybridized carbons (Fsp3) is 0.391. The molecule has 9 heteroatoms. The van der Waals surface area contributed by atoms with E-state index in [0.29, 0.717) is 23.6 Å². The zero-order valence-electron chi connectivity index (χ0n) is 17.4. The first-order chi connectivity index (χ1) is 15.2. The van der Waals surface area contributed by atoms with Crippen molar-refractivity contribution in [2.45, 2.75) is 25.1 Å². The second-order valence-corrected chi connectivity index (χ2v) is 8.15. The molecule has 1 N–H and O–H groups in total. The van der Waals surface area contributed by atoms with Gasteiger partial charge in [-0.1, -0.05) is 54.1 Å². The van der Waals surface area contributed by atoms with Crippen LogP contribution in [-0.2, 0) is 4.79 Å². The number of carbonyl (C=O) groups excluding carboxylic acids is 2. The molecule has 3 rings (SSSR count). The van der Waals surface area contributed by atoms with Crippen LogP contribution in [0.15, 0.2) is 54.6 Å². The summed E-state index contributed by atoms with van der Waals surface area (Å²) in [6.07, 6.45) is -3.80. The van der Waals surface area contributed by atoms with Crippen molar-refractivity contribution in [1.82, 2.24) is 15.1 Å². The zero-order valence-corrected chi connectivity index (χ0v) is 18.2. The molecule has 0 aliphatic carbocycles. The first-order valence-corrected chi connectivity index (χ1v) is 10.8. The molecule has 1 heterocycles. The van der Waals surface area contributed by atoms with E-state index in [0.717, 1.165) is 5.56 Å². The summed E-state index contributed by atoms with van der Waals surface area (Å²) < 4.78 is 38.1. The van der Waals surface area contributed by atoms with Gasteiger partial charge >= 0.3 is 6.18 Å². The summed E-state index contributed by atoms with van der Waals surface area (Å²) in [4.78, 5) is 28.7. The van der Waals surface area contributed by atoms with E-state index >= 15 is 0 Å². The molecule has 1 unspecified atom stereocenters. The maximum atomic E-state index is 13.0. The Hall–Kier alpha value is -2.58. The van der Waals surface area contributed by atoms with Crippen LogP contribution in [0.2, 0.25) is 5.02 Å². The topological polar surface area (TPSA) is 52.7 Å². The molecule has 0 saturated carbocycles. The number of hydrogen-bond acceptors (Lipinski definition) is 3. The van der Waals surface area contributed by atoms with E-state index in [9.17, 15) is 22.8 Å². The standard InChI is InChI=1S/C23H25ClF3N3O2/c24-19-10-5-4-9-18(19)22(32)28-20(17-7-2-1-3-8-17)15-21(31)30-12-6-11-29(13-14-30)16-23(25,26)27/h1-5,7-10,20H,6,11-16H2,(H,28,32). The van der Waals surface area contributed by atoms with Crippen LogP contribution in [0.1, 0.15) is 34.8 Å². The third kappa shape index (κ3) is 6.97. The molecule has 1 atom stereocenters. The van der Waals surface area contributed by atoms with Gasteiger partial charge in [-0.05, 0) is 24.1 Å². The van der Waals surface area contributed by atoms with E-state index in [1.54, 1.807) is 29.2 Å². The molecule has 1 aliphatic heterocycles. The first kappa shape index (κ1) is 24.1. The van der Waals surface area contributed by atoms with Crippen molar-refractivity contribution in [1.29, 1.82) is 0 Å². The predicted octanol–water partition coefficient (Wildman–Crippen LogP) is 4.30. The summed E-state index contributed by atoms with van der Waals surface area (Å²) in [5, 5.41) is 3.19. The SMILES string of the molecule is O=C(NC(CC(=O)N1CCCN(CC(F)(F)F)CC1)c1ccccc1)c1ccccc1Cl. The molecule has 0 spiro atoms. The summed E-state index contributed by atoms with van der Waals surface area (Å²) in [5.74, 6) is -0.614. The molecule has 5 nitrogen and oxygen atoms in total. The highest BCUT2D eigenvalue weighted by Crippen LogP contribution is 2.22.